The molecular formula is C28H47NO4Si. The number of benzene rings is 1. The van der Waals surface area contributed by atoms with E-state index >= 15 is 0 Å². The van der Waals surface area contributed by atoms with Crippen molar-refractivity contribution in [3.05, 3.63) is 42.0 Å². The predicted molar refractivity (Wildman–Crippen MR) is 143 cm³/mol. The van der Waals surface area contributed by atoms with Gasteiger partial charge in [-0.1, -0.05) is 70.4 Å². The first kappa shape index (κ1) is 28.4. The van der Waals surface area contributed by atoms with Gasteiger partial charge in [0.15, 0.2) is 8.32 Å². The van der Waals surface area contributed by atoms with Crippen LogP contribution < -0.4 is 4.74 Å². The zero-order valence-corrected chi connectivity index (χ0v) is 23.7. The number of allylic oxidation sites excluding steroid dienone is 1. The number of rotatable bonds is 10. The minimum absolute atomic E-state index is 0.0708. The van der Waals surface area contributed by atoms with Crippen LogP contribution in [0.15, 0.2) is 36.4 Å². The molecule has 2 rings (SSSR count). The van der Waals surface area contributed by atoms with E-state index < -0.39 is 8.32 Å². The van der Waals surface area contributed by atoms with Crippen LogP contribution in [0.4, 0.5) is 4.79 Å². The lowest BCUT2D eigenvalue weighted by Gasteiger charge is -2.46. The zero-order valence-electron chi connectivity index (χ0n) is 22.7. The zero-order chi connectivity index (χ0) is 25.4. The Hall–Kier alpha value is -1.79. The summed E-state index contributed by atoms with van der Waals surface area (Å²) >= 11 is 0. The van der Waals surface area contributed by atoms with Gasteiger partial charge in [0.2, 0.25) is 0 Å². The molecule has 0 aliphatic heterocycles. The van der Waals surface area contributed by atoms with E-state index in [0.717, 1.165) is 24.2 Å². The van der Waals surface area contributed by atoms with Gasteiger partial charge < -0.3 is 13.9 Å². The standard InChI is InChI=1S/C28H47NO4Si/c1-9-16-25(33-34(7,8)28(3,4)5)26(22-17-12-11-13-18-22)29(27(30)32-10-2)21-23-19-14-15-20-24(23)31-6/h9,14-16,19-20,22,25-26H,10-13,17-18,21H2,1-8H3/b16-9+/t25-,26-/m1/s1. The highest BCUT2D eigenvalue weighted by Crippen LogP contribution is 2.40. The quantitative estimate of drug-likeness (QED) is 0.251. The molecule has 0 aromatic heterocycles. The third-order valence-electron chi connectivity index (χ3n) is 7.48. The fourth-order valence-corrected chi connectivity index (χ4v) is 5.87. The van der Waals surface area contributed by atoms with Crippen LogP contribution in [0.1, 0.15) is 72.3 Å². The average molecular weight is 490 g/mol. The highest BCUT2D eigenvalue weighted by Gasteiger charge is 2.44. The van der Waals surface area contributed by atoms with Gasteiger partial charge in [-0.15, -0.1) is 0 Å². The molecule has 0 unspecified atom stereocenters. The maximum absolute atomic E-state index is 13.5. The summed E-state index contributed by atoms with van der Waals surface area (Å²) < 4.78 is 18.3. The molecule has 1 amide bonds. The van der Waals surface area contributed by atoms with Crippen molar-refractivity contribution >= 4 is 14.4 Å². The number of nitrogens with zero attached hydrogens (tertiary/aromatic N) is 1. The molecule has 5 nitrogen and oxygen atoms in total. The molecule has 34 heavy (non-hydrogen) atoms. The normalized spacial score (nSPS) is 17.4. The second-order valence-electron chi connectivity index (χ2n) is 10.9. The Morgan fingerprint density at radius 1 is 1.18 bits per heavy atom. The lowest BCUT2D eigenvalue weighted by atomic mass is 9.80. The Morgan fingerprint density at radius 3 is 2.38 bits per heavy atom. The lowest BCUT2D eigenvalue weighted by Crippen LogP contribution is -2.55. The minimum atomic E-state index is -2.10. The van der Waals surface area contributed by atoms with E-state index in [0.29, 0.717) is 19.1 Å². The molecule has 0 radical (unpaired) electrons. The predicted octanol–water partition coefficient (Wildman–Crippen LogP) is 7.57. The molecular weight excluding hydrogens is 442 g/mol. The van der Waals surface area contributed by atoms with Crippen LogP contribution in [-0.2, 0) is 15.7 Å². The first-order valence-corrected chi connectivity index (χ1v) is 15.8. The molecule has 0 N–H and O–H groups in total. The molecule has 1 saturated carbocycles. The van der Waals surface area contributed by atoms with E-state index in [4.69, 9.17) is 13.9 Å². The number of carbonyl (C=O) groups is 1. The molecule has 0 saturated heterocycles. The third-order valence-corrected chi connectivity index (χ3v) is 12.0. The summed E-state index contributed by atoms with van der Waals surface area (Å²) in [5, 5.41) is 0.0708. The van der Waals surface area contributed by atoms with Crippen LogP contribution >= 0.6 is 0 Å². The van der Waals surface area contributed by atoms with Crippen molar-refractivity contribution < 1.29 is 18.7 Å². The number of amides is 1. The smallest absolute Gasteiger partial charge is 0.410 e. The highest BCUT2D eigenvalue weighted by atomic mass is 28.4. The Balaban J connectivity index is 2.57. The SMILES string of the molecule is C/C=C/[C@@H](O[Si](C)(C)C(C)(C)C)[C@@H](C1CCCCC1)N(Cc1ccccc1OC)C(=O)OCC. The van der Waals surface area contributed by atoms with Crippen LogP contribution in [0.3, 0.4) is 0 Å². The number of methoxy groups -OCH3 is 1. The molecule has 1 aliphatic rings. The minimum Gasteiger partial charge on any atom is -0.496 e. The van der Waals surface area contributed by atoms with Crippen molar-refractivity contribution in [2.75, 3.05) is 13.7 Å². The molecule has 0 spiro atoms. The Morgan fingerprint density at radius 2 is 1.82 bits per heavy atom. The summed E-state index contributed by atoms with van der Waals surface area (Å²) in [6, 6.07) is 7.83. The maximum atomic E-state index is 13.5. The van der Waals surface area contributed by atoms with Gasteiger partial charge in [0.1, 0.15) is 5.75 Å². The second kappa shape index (κ2) is 12.8. The fourth-order valence-electron chi connectivity index (χ4n) is 4.62. The summed E-state index contributed by atoms with van der Waals surface area (Å²) in [4.78, 5) is 15.4. The van der Waals surface area contributed by atoms with E-state index in [1.807, 2.05) is 43.0 Å². The van der Waals surface area contributed by atoms with E-state index in [9.17, 15) is 4.79 Å². The first-order chi connectivity index (χ1) is 16.1. The number of hydrogen-bond acceptors (Lipinski definition) is 4. The summed E-state index contributed by atoms with van der Waals surface area (Å²) in [5.41, 5.74) is 0.977. The van der Waals surface area contributed by atoms with Crippen LogP contribution in [-0.4, -0.2) is 45.2 Å². The summed E-state index contributed by atoms with van der Waals surface area (Å²) in [5.74, 6) is 1.14. The van der Waals surface area contributed by atoms with Crippen molar-refractivity contribution in [1.82, 2.24) is 4.90 Å². The topological polar surface area (TPSA) is 48.0 Å². The Kier molecular flexibility index (Phi) is 10.7. The van der Waals surface area contributed by atoms with Gasteiger partial charge in [0, 0.05) is 5.56 Å². The van der Waals surface area contributed by atoms with Gasteiger partial charge in [0.05, 0.1) is 32.4 Å². The number of ether oxygens (including phenoxy) is 2. The van der Waals surface area contributed by atoms with Gasteiger partial charge in [-0.2, -0.15) is 0 Å². The lowest BCUT2D eigenvalue weighted by molar-refractivity contribution is 0.0197. The van der Waals surface area contributed by atoms with Crippen LogP contribution in [0.5, 0.6) is 5.75 Å². The highest BCUT2D eigenvalue weighted by molar-refractivity contribution is 6.74. The molecule has 1 fully saturated rings. The molecule has 6 heteroatoms. The Labute approximate surface area is 209 Å². The van der Waals surface area contributed by atoms with Crippen LogP contribution in [0, 0.1) is 5.92 Å². The molecule has 1 aromatic carbocycles. The van der Waals surface area contributed by atoms with E-state index in [1.165, 1.54) is 19.3 Å². The van der Waals surface area contributed by atoms with Crippen molar-refractivity contribution in [2.45, 2.75) is 104 Å². The molecule has 192 valence electrons. The molecule has 2 atom stereocenters. The Bertz CT molecular complexity index is 796. The van der Waals surface area contributed by atoms with Crippen molar-refractivity contribution in [3.63, 3.8) is 0 Å². The maximum Gasteiger partial charge on any atom is 0.410 e. The van der Waals surface area contributed by atoms with Gasteiger partial charge in [0.25, 0.3) is 0 Å². The average Bonchev–Trinajstić information content (AvgIpc) is 2.79. The molecule has 1 aliphatic carbocycles. The molecule has 0 bridgehead atoms. The van der Waals surface area contributed by atoms with E-state index in [1.54, 1.807) is 7.11 Å². The van der Waals surface area contributed by atoms with Crippen molar-refractivity contribution in [1.29, 1.82) is 0 Å². The van der Waals surface area contributed by atoms with Crippen molar-refractivity contribution in [3.8, 4) is 5.75 Å². The summed E-state index contributed by atoms with van der Waals surface area (Å²) in [7, 11) is -0.419. The monoisotopic (exact) mass is 489 g/mol. The summed E-state index contributed by atoms with van der Waals surface area (Å²) in [6.07, 6.45) is 9.60. The van der Waals surface area contributed by atoms with Crippen molar-refractivity contribution in [2.24, 2.45) is 5.92 Å². The number of para-hydroxylation sites is 1. The van der Waals surface area contributed by atoms with Gasteiger partial charge in [-0.25, -0.2) is 4.79 Å². The number of hydrogen-bond donors (Lipinski definition) is 0. The van der Waals surface area contributed by atoms with Crippen LogP contribution in [0.25, 0.3) is 0 Å². The van der Waals surface area contributed by atoms with Gasteiger partial charge in [-0.05, 0) is 56.8 Å². The molecule has 1 aromatic rings. The van der Waals surface area contributed by atoms with Gasteiger partial charge in [-0.3, -0.25) is 4.90 Å². The summed E-state index contributed by atoms with van der Waals surface area (Å²) in [6.45, 7) is 16.0. The van der Waals surface area contributed by atoms with E-state index in [2.05, 4.69) is 46.0 Å². The second-order valence-corrected chi connectivity index (χ2v) is 15.7. The fraction of sp³-hybridized carbons (Fsp3) is 0.679. The third kappa shape index (κ3) is 7.35. The van der Waals surface area contributed by atoms with Gasteiger partial charge >= 0.3 is 6.09 Å². The molecule has 0 heterocycles. The first-order valence-electron chi connectivity index (χ1n) is 12.9. The largest absolute Gasteiger partial charge is 0.496 e. The number of carbonyl (C=O) groups excluding carboxylic acids is 1. The van der Waals surface area contributed by atoms with Crippen LogP contribution in [0.2, 0.25) is 18.1 Å². The van der Waals surface area contributed by atoms with E-state index in [-0.39, 0.29) is 23.3 Å².